The second-order valence-electron chi connectivity index (χ2n) is 2.23. The number of hydrogen-bond acceptors (Lipinski definition) is 1. The molecular weight excluding hydrogens is 148 g/mol. The van der Waals surface area contributed by atoms with Crippen LogP contribution in [0.1, 0.15) is 13.8 Å². The molecule has 0 aliphatic heterocycles. The molecule has 0 unspecified atom stereocenters. The van der Waals surface area contributed by atoms with E-state index in [-0.39, 0.29) is 0 Å². The van der Waals surface area contributed by atoms with Gasteiger partial charge in [-0.15, -0.1) is 0 Å². The second kappa shape index (κ2) is 6.47. The molecule has 0 aromatic carbocycles. The first kappa shape index (κ1) is 10.8. The van der Waals surface area contributed by atoms with Crippen LogP contribution in [0.4, 0.5) is 0 Å². The molecule has 0 N–H and O–H groups in total. The quantitative estimate of drug-likeness (QED) is 0.458. The number of hydrogen-bond donors (Lipinski definition) is 0. The molecule has 0 aromatic rings. The van der Waals surface area contributed by atoms with Crippen molar-refractivity contribution in [2.75, 3.05) is 7.11 Å². The number of methoxy groups -OCH3 is 1. The van der Waals surface area contributed by atoms with Gasteiger partial charge in [0.05, 0.1) is 7.11 Å². The Labute approximate surface area is 74.7 Å². The van der Waals surface area contributed by atoms with Crippen molar-refractivity contribution in [3.8, 4) is 0 Å². The van der Waals surface area contributed by atoms with Crippen LogP contribution >= 0.6 is 0 Å². The third-order valence-corrected chi connectivity index (χ3v) is 1.39. The van der Waals surface area contributed by atoms with Gasteiger partial charge in [-0.05, 0) is 19.9 Å². The van der Waals surface area contributed by atoms with E-state index < -0.39 is 0 Å². The summed E-state index contributed by atoms with van der Waals surface area (Å²) in [4.78, 5) is 0. The van der Waals surface area contributed by atoms with Gasteiger partial charge in [-0.3, -0.25) is 0 Å². The van der Waals surface area contributed by atoms with Crippen LogP contribution in [0.15, 0.2) is 48.3 Å². The molecule has 1 nitrogen and oxygen atoms in total. The summed E-state index contributed by atoms with van der Waals surface area (Å²) >= 11 is 0. The molecule has 0 amide bonds. The van der Waals surface area contributed by atoms with E-state index in [9.17, 15) is 0 Å². The number of allylic oxidation sites excluding steroid dienone is 6. The molecule has 0 saturated heterocycles. The highest BCUT2D eigenvalue weighted by Gasteiger charge is 1.94. The van der Waals surface area contributed by atoms with Crippen molar-refractivity contribution in [1.82, 2.24) is 0 Å². The normalized spacial score (nSPS) is 13.6. The average Bonchev–Trinajstić information content (AvgIpc) is 2.11. The molecule has 0 atom stereocenters. The summed E-state index contributed by atoms with van der Waals surface area (Å²) in [5.41, 5.74) is 0.998. The zero-order chi connectivity index (χ0) is 9.40. The van der Waals surface area contributed by atoms with Gasteiger partial charge >= 0.3 is 0 Å². The molecule has 0 aliphatic rings. The topological polar surface area (TPSA) is 9.23 Å². The Morgan fingerprint density at radius 3 is 2.08 bits per heavy atom. The third-order valence-electron chi connectivity index (χ3n) is 1.39. The van der Waals surface area contributed by atoms with Crippen LogP contribution in [0.5, 0.6) is 0 Å². The van der Waals surface area contributed by atoms with Crippen molar-refractivity contribution < 1.29 is 4.74 Å². The summed E-state index contributed by atoms with van der Waals surface area (Å²) in [6, 6.07) is 0. The highest BCUT2D eigenvalue weighted by Crippen LogP contribution is 2.09. The van der Waals surface area contributed by atoms with Gasteiger partial charge in [0, 0.05) is 5.57 Å². The monoisotopic (exact) mass is 164 g/mol. The maximum absolute atomic E-state index is 5.17. The second-order valence-corrected chi connectivity index (χ2v) is 2.23. The zero-order valence-corrected chi connectivity index (χ0v) is 8.00. The molecule has 0 radical (unpaired) electrons. The standard InChI is InChI=1S/C11H16O/c1-5-8-10(7-3)11(12-4)9-6-2/h5-9H,3H2,1-2,4H3/b8-5-,9-6-,11-10+. The SMILES string of the molecule is C=CC(/C=C\C)=C(/C=C\C)OC. The van der Waals surface area contributed by atoms with E-state index in [0.29, 0.717) is 0 Å². The van der Waals surface area contributed by atoms with Crippen molar-refractivity contribution >= 4 is 0 Å². The van der Waals surface area contributed by atoms with Gasteiger partial charge in [0.25, 0.3) is 0 Å². The van der Waals surface area contributed by atoms with E-state index in [2.05, 4.69) is 6.58 Å². The van der Waals surface area contributed by atoms with E-state index >= 15 is 0 Å². The maximum Gasteiger partial charge on any atom is 0.125 e. The molecule has 0 saturated carbocycles. The first-order valence-corrected chi connectivity index (χ1v) is 3.96. The predicted molar refractivity (Wildman–Crippen MR) is 53.9 cm³/mol. The van der Waals surface area contributed by atoms with E-state index in [1.165, 1.54) is 0 Å². The largest absolute Gasteiger partial charge is 0.496 e. The molecule has 0 spiro atoms. The molecule has 0 heterocycles. The maximum atomic E-state index is 5.17. The fraction of sp³-hybridized carbons (Fsp3) is 0.273. The smallest absolute Gasteiger partial charge is 0.125 e. The van der Waals surface area contributed by atoms with E-state index in [1.807, 2.05) is 38.2 Å². The van der Waals surface area contributed by atoms with E-state index in [0.717, 1.165) is 11.3 Å². The first-order valence-electron chi connectivity index (χ1n) is 3.96. The van der Waals surface area contributed by atoms with Crippen molar-refractivity contribution in [1.29, 1.82) is 0 Å². The lowest BCUT2D eigenvalue weighted by molar-refractivity contribution is 0.304. The summed E-state index contributed by atoms with van der Waals surface area (Å²) in [6.45, 7) is 7.63. The molecule has 0 aromatic heterocycles. The van der Waals surface area contributed by atoms with Crippen LogP contribution in [0, 0.1) is 0 Å². The summed E-state index contributed by atoms with van der Waals surface area (Å²) in [7, 11) is 1.66. The van der Waals surface area contributed by atoms with Crippen LogP contribution in [0.2, 0.25) is 0 Å². The molecule has 0 rings (SSSR count). The van der Waals surface area contributed by atoms with Gasteiger partial charge in [-0.25, -0.2) is 0 Å². The van der Waals surface area contributed by atoms with Gasteiger partial charge in [-0.2, -0.15) is 0 Å². The Bertz CT molecular complexity index is 219. The van der Waals surface area contributed by atoms with Crippen LogP contribution in [0.25, 0.3) is 0 Å². The summed E-state index contributed by atoms with van der Waals surface area (Å²) in [5.74, 6) is 0.839. The van der Waals surface area contributed by atoms with Crippen molar-refractivity contribution in [2.24, 2.45) is 0 Å². The van der Waals surface area contributed by atoms with Gasteiger partial charge < -0.3 is 4.74 Å². The molecule has 0 aliphatic carbocycles. The van der Waals surface area contributed by atoms with E-state index in [4.69, 9.17) is 4.74 Å². The molecule has 12 heavy (non-hydrogen) atoms. The van der Waals surface area contributed by atoms with Crippen LogP contribution in [-0.2, 0) is 4.74 Å². The highest BCUT2D eigenvalue weighted by atomic mass is 16.5. The Kier molecular flexibility index (Phi) is 5.80. The Morgan fingerprint density at radius 2 is 1.75 bits per heavy atom. The minimum absolute atomic E-state index is 0.839. The Balaban J connectivity index is 4.85. The lowest BCUT2D eigenvalue weighted by atomic mass is 10.2. The first-order chi connectivity index (χ1) is 5.79. The lowest BCUT2D eigenvalue weighted by Crippen LogP contribution is -1.86. The minimum Gasteiger partial charge on any atom is -0.496 e. The summed E-state index contributed by atoms with van der Waals surface area (Å²) < 4.78 is 5.17. The average molecular weight is 164 g/mol. The van der Waals surface area contributed by atoms with Gasteiger partial charge in [-0.1, -0.05) is 30.9 Å². The molecule has 0 bridgehead atoms. The van der Waals surface area contributed by atoms with Gasteiger partial charge in [0.15, 0.2) is 0 Å². The van der Waals surface area contributed by atoms with Crippen LogP contribution < -0.4 is 0 Å². The number of rotatable bonds is 4. The van der Waals surface area contributed by atoms with Crippen molar-refractivity contribution in [3.63, 3.8) is 0 Å². The van der Waals surface area contributed by atoms with E-state index in [1.54, 1.807) is 13.2 Å². The molecular formula is C11H16O. The van der Waals surface area contributed by atoms with Crippen molar-refractivity contribution in [2.45, 2.75) is 13.8 Å². The third kappa shape index (κ3) is 3.24. The minimum atomic E-state index is 0.839. The summed E-state index contributed by atoms with van der Waals surface area (Å²) in [6.07, 6.45) is 9.55. The molecule has 66 valence electrons. The van der Waals surface area contributed by atoms with Gasteiger partial charge in [0.2, 0.25) is 0 Å². The summed E-state index contributed by atoms with van der Waals surface area (Å²) in [5, 5.41) is 0. The zero-order valence-electron chi connectivity index (χ0n) is 8.00. The van der Waals surface area contributed by atoms with Crippen LogP contribution in [0.3, 0.4) is 0 Å². The molecule has 0 fully saturated rings. The fourth-order valence-corrected chi connectivity index (χ4v) is 0.864. The molecule has 1 heteroatoms. The predicted octanol–water partition coefficient (Wildman–Crippen LogP) is 3.23. The lowest BCUT2D eigenvalue weighted by Gasteiger charge is -2.02. The van der Waals surface area contributed by atoms with Crippen LogP contribution in [-0.4, -0.2) is 7.11 Å². The number of ether oxygens (including phenoxy) is 1. The Hall–Kier alpha value is -1.24. The van der Waals surface area contributed by atoms with Gasteiger partial charge in [0.1, 0.15) is 5.76 Å². The highest BCUT2D eigenvalue weighted by molar-refractivity contribution is 5.36. The Morgan fingerprint density at radius 1 is 1.17 bits per heavy atom. The van der Waals surface area contributed by atoms with Crippen molar-refractivity contribution in [3.05, 3.63) is 48.3 Å². The fourth-order valence-electron chi connectivity index (χ4n) is 0.864.